The molecule has 1 aromatic heterocycles. The van der Waals surface area contributed by atoms with Gasteiger partial charge in [-0.2, -0.15) is 0 Å². The average Bonchev–Trinajstić information content (AvgIpc) is 3.26. The van der Waals surface area contributed by atoms with Crippen molar-refractivity contribution in [3.8, 4) is 0 Å². The van der Waals surface area contributed by atoms with Gasteiger partial charge in [0.05, 0.1) is 16.6 Å². The minimum absolute atomic E-state index is 0.296. The summed E-state index contributed by atoms with van der Waals surface area (Å²) < 4.78 is 2.22. The summed E-state index contributed by atoms with van der Waals surface area (Å²) in [6.45, 7) is 3.99. The molecule has 1 aliphatic carbocycles. The van der Waals surface area contributed by atoms with Crippen LogP contribution in [0.5, 0.6) is 0 Å². The van der Waals surface area contributed by atoms with Gasteiger partial charge >= 0.3 is 5.97 Å². The number of rotatable bonds is 6. The fraction of sp³-hybridized carbons (Fsp3) is 0.500. The Morgan fingerprint density at radius 1 is 1.48 bits per heavy atom. The number of imidazole rings is 1. The molecule has 21 heavy (non-hydrogen) atoms. The number of carbonyl (C=O) groups is 1. The number of aryl methyl sites for hydroxylation is 1. The van der Waals surface area contributed by atoms with Crippen LogP contribution in [-0.4, -0.2) is 45.2 Å². The maximum Gasteiger partial charge on any atom is 0.335 e. The summed E-state index contributed by atoms with van der Waals surface area (Å²) in [5.41, 5.74) is 2.10. The van der Waals surface area contributed by atoms with Crippen LogP contribution in [0.1, 0.15) is 35.9 Å². The lowest BCUT2D eigenvalue weighted by Crippen LogP contribution is -2.25. The second-order valence-corrected chi connectivity index (χ2v) is 5.75. The minimum Gasteiger partial charge on any atom is -0.478 e. The largest absolute Gasteiger partial charge is 0.478 e. The highest BCUT2D eigenvalue weighted by Crippen LogP contribution is 2.25. The Labute approximate surface area is 124 Å². The molecule has 0 bridgehead atoms. The van der Waals surface area contributed by atoms with E-state index in [0.717, 1.165) is 42.4 Å². The van der Waals surface area contributed by atoms with Gasteiger partial charge in [0.15, 0.2) is 0 Å². The van der Waals surface area contributed by atoms with Gasteiger partial charge in [-0.15, -0.1) is 0 Å². The smallest absolute Gasteiger partial charge is 0.335 e. The Morgan fingerprint density at radius 3 is 2.86 bits per heavy atom. The Kier molecular flexibility index (Phi) is 3.68. The zero-order valence-electron chi connectivity index (χ0n) is 12.5. The summed E-state index contributed by atoms with van der Waals surface area (Å²) in [4.78, 5) is 18.1. The van der Waals surface area contributed by atoms with Crippen molar-refractivity contribution in [3.63, 3.8) is 0 Å². The molecular weight excluding hydrogens is 266 g/mol. The van der Waals surface area contributed by atoms with Crippen LogP contribution in [0.2, 0.25) is 0 Å². The van der Waals surface area contributed by atoms with E-state index >= 15 is 0 Å². The van der Waals surface area contributed by atoms with Gasteiger partial charge in [-0.05, 0) is 38.1 Å². The first-order valence-electron chi connectivity index (χ1n) is 7.53. The fourth-order valence-corrected chi connectivity index (χ4v) is 2.79. The molecule has 0 spiro atoms. The van der Waals surface area contributed by atoms with Gasteiger partial charge in [0.2, 0.25) is 0 Å². The van der Waals surface area contributed by atoms with Gasteiger partial charge in [-0.3, -0.25) is 0 Å². The van der Waals surface area contributed by atoms with Crippen LogP contribution in [0.4, 0.5) is 0 Å². The van der Waals surface area contributed by atoms with Gasteiger partial charge in [-0.25, -0.2) is 9.78 Å². The molecule has 1 aromatic carbocycles. The third-order valence-electron chi connectivity index (χ3n) is 4.24. The molecular formula is C16H21N3O2. The van der Waals surface area contributed by atoms with Crippen molar-refractivity contribution >= 4 is 17.0 Å². The maximum atomic E-state index is 11.1. The first-order chi connectivity index (χ1) is 10.1. The minimum atomic E-state index is -0.905. The maximum absolute atomic E-state index is 11.1. The number of carboxylic acids is 1. The van der Waals surface area contributed by atoms with Crippen LogP contribution >= 0.6 is 0 Å². The first kappa shape index (κ1) is 14.1. The lowest BCUT2D eigenvalue weighted by Gasteiger charge is -2.17. The molecule has 0 atom stereocenters. The average molecular weight is 287 g/mol. The fourth-order valence-electron chi connectivity index (χ4n) is 2.79. The summed E-state index contributed by atoms with van der Waals surface area (Å²) in [6, 6.07) is 5.95. The number of aromatic carboxylic acids is 1. The topological polar surface area (TPSA) is 58.4 Å². The Hall–Kier alpha value is -1.88. The van der Waals surface area contributed by atoms with Gasteiger partial charge < -0.3 is 14.6 Å². The number of benzene rings is 1. The number of nitrogens with zero attached hydrogens (tertiary/aromatic N) is 3. The van der Waals surface area contributed by atoms with Crippen LogP contribution in [0.15, 0.2) is 18.2 Å². The molecule has 0 amide bonds. The van der Waals surface area contributed by atoms with Gasteiger partial charge in [0.1, 0.15) is 5.82 Å². The zero-order valence-corrected chi connectivity index (χ0v) is 12.5. The van der Waals surface area contributed by atoms with Crippen LogP contribution in [0.3, 0.4) is 0 Å². The Morgan fingerprint density at radius 2 is 2.24 bits per heavy atom. The molecule has 1 fully saturated rings. The summed E-state index contributed by atoms with van der Waals surface area (Å²) in [5, 5.41) is 9.08. The predicted molar refractivity (Wildman–Crippen MR) is 81.7 cm³/mol. The molecule has 112 valence electrons. The molecule has 0 radical (unpaired) electrons. The molecule has 5 nitrogen and oxygen atoms in total. The van der Waals surface area contributed by atoms with E-state index in [4.69, 9.17) is 5.11 Å². The van der Waals surface area contributed by atoms with Crippen LogP contribution in [0.25, 0.3) is 11.0 Å². The van der Waals surface area contributed by atoms with Crippen molar-refractivity contribution in [1.29, 1.82) is 0 Å². The number of likely N-dealkylation sites (N-methyl/N-ethyl adjacent to an activating group) is 1. The molecule has 1 heterocycles. The van der Waals surface area contributed by atoms with E-state index in [1.165, 1.54) is 12.8 Å². The van der Waals surface area contributed by atoms with Crippen molar-refractivity contribution in [2.24, 2.45) is 0 Å². The highest BCUT2D eigenvalue weighted by molar-refractivity contribution is 5.92. The molecule has 3 rings (SSSR count). The van der Waals surface area contributed by atoms with E-state index < -0.39 is 5.97 Å². The van der Waals surface area contributed by atoms with Crippen molar-refractivity contribution in [3.05, 3.63) is 29.6 Å². The third kappa shape index (κ3) is 2.78. The van der Waals surface area contributed by atoms with Crippen molar-refractivity contribution in [2.45, 2.75) is 38.8 Å². The number of hydrogen-bond donors (Lipinski definition) is 1. The predicted octanol–water partition coefficient (Wildman–Crippen LogP) is 2.39. The van der Waals surface area contributed by atoms with Crippen molar-refractivity contribution in [2.75, 3.05) is 13.6 Å². The quantitative estimate of drug-likeness (QED) is 0.886. The van der Waals surface area contributed by atoms with E-state index in [9.17, 15) is 4.79 Å². The zero-order chi connectivity index (χ0) is 15.0. The molecule has 0 unspecified atom stereocenters. The SMILES string of the molecule is CCc1nc2cc(C(=O)O)ccc2n1CCN(C)C1CC1. The van der Waals surface area contributed by atoms with Crippen molar-refractivity contribution < 1.29 is 9.90 Å². The molecule has 1 N–H and O–H groups in total. The second-order valence-electron chi connectivity index (χ2n) is 5.75. The molecule has 5 heteroatoms. The number of carboxylic acid groups (broad SMARTS) is 1. The molecule has 0 aliphatic heterocycles. The lowest BCUT2D eigenvalue weighted by atomic mass is 10.2. The first-order valence-corrected chi connectivity index (χ1v) is 7.53. The normalized spacial score (nSPS) is 15.0. The monoisotopic (exact) mass is 287 g/mol. The lowest BCUT2D eigenvalue weighted by molar-refractivity contribution is 0.0697. The highest BCUT2D eigenvalue weighted by Gasteiger charge is 2.25. The molecule has 0 saturated heterocycles. The van der Waals surface area contributed by atoms with E-state index in [1.807, 2.05) is 6.07 Å². The summed E-state index contributed by atoms with van der Waals surface area (Å²) in [5.74, 6) is 0.120. The molecule has 2 aromatic rings. The number of aromatic nitrogens is 2. The Balaban J connectivity index is 1.89. The summed E-state index contributed by atoms with van der Waals surface area (Å²) >= 11 is 0. The van der Waals surface area contributed by atoms with E-state index in [-0.39, 0.29) is 0 Å². The summed E-state index contributed by atoms with van der Waals surface area (Å²) in [7, 11) is 2.17. The standard InChI is InChI=1S/C16H21N3O2/c1-3-15-17-13-10-11(16(20)21)4-7-14(13)19(15)9-8-18(2)12-5-6-12/h4,7,10,12H,3,5-6,8-9H2,1-2H3,(H,20,21). The van der Waals surface area contributed by atoms with E-state index in [2.05, 4.69) is 28.4 Å². The van der Waals surface area contributed by atoms with Crippen LogP contribution in [0, 0.1) is 0 Å². The summed E-state index contributed by atoms with van der Waals surface area (Å²) in [6.07, 6.45) is 3.47. The van der Waals surface area contributed by atoms with E-state index in [1.54, 1.807) is 12.1 Å². The van der Waals surface area contributed by atoms with Crippen LogP contribution < -0.4 is 0 Å². The van der Waals surface area contributed by atoms with Gasteiger partial charge in [0.25, 0.3) is 0 Å². The highest BCUT2D eigenvalue weighted by atomic mass is 16.4. The third-order valence-corrected chi connectivity index (χ3v) is 4.24. The second kappa shape index (κ2) is 5.48. The number of fused-ring (bicyclic) bond motifs is 1. The molecule has 1 aliphatic rings. The molecule has 1 saturated carbocycles. The van der Waals surface area contributed by atoms with Gasteiger partial charge in [-0.1, -0.05) is 6.92 Å². The number of hydrogen-bond acceptors (Lipinski definition) is 3. The van der Waals surface area contributed by atoms with E-state index in [0.29, 0.717) is 5.56 Å². The van der Waals surface area contributed by atoms with Crippen molar-refractivity contribution in [1.82, 2.24) is 14.5 Å². The van der Waals surface area contributed by atoms with Gasteiger partial charge in [0, 0.05) is 25.6 Å². The Bertz CT molecular complexity index is 673. The van der Waals surface area contributed by atoms with Crippen LogP contribution in [-0.2, 0) is 13.0 Å².